The summed E-state index contributed by atoms with van der Waals surface area (Å²) in [5.41, 5.74) is 1.39. The molecule has 0 atom stereocenters. The lowest BCUT2D eigenvalue weighted by Crippen LogP contribution is -1.98. The van der Waals surface area contributed by atoms with Crippen molar-refractivity contribution in [1.29, 1.82) is 0 Å². The molecule has 1 aromatic rings. The highest BCUT2D eigenvalue weighted by Gasteiger charge is 2.11. The monoisotopic (exact) mass is 182 g/mol. The van der Waals surface area contributed by atoms with Gasteiger partial charge in [-0.3, -0.25) is 0 Å². The minimum Gasteiger partial charge on any atom is -0.507 e. The third-order valence-corrected chi connectivity index (χ3v) is 1.68. The second-order valence-corrected chi connectivity index (χ2v) is 2.78. The predicted molar refractivity (Wildman–Crippen MR) is 51.3 cm³/mol. The van der Waals surface area contributed by atoms with Crippen LogP contribution in [-0.4, -0.2) is 16.2 Å². The molecule has 0 radical (unpaired) electrons. The van der Waals surface area contributed by atoms with Gasteiger partial charge in [0, 0.05) is 0 Å². The summed E-state index contributed by atoms with van der Waals surface area (Å²) in [6.07, 6.45) is 0. The molecule has 0 fully saturated rings. The number of aromatic hydroxyl groups is 1. The lowest BCUT2D eigenvalue weighted by Gasteiger charge is -2.04. The second kappa shape index (κ2) is 3.94. The molecule has 0 bridgehead atoms. The molecular weight excluding hydrogens is 168 g/mol. The fourth-order valence-corrected chi connectivity index (χ4v) is 1.12. The molecule has 1 rings (SSSR count). The van der Waals surface area contributed by atoms with Crippen molar-refractivity contribution in [2.24, 2.45) is 0 Å². The summed E-state index contributed by atoms with van der Waals surface area (Å²) < 4.78 is 0. The van der Waals surface area contributed by atoms with E-state index >= 15 is 0 Å². The summed E-state index contributed by atoms with van der Waals surface area (Å²) in [6, 6.07) is 3.19. The number of carbonyl (C=O) groups is 1. The molecule has 72 valence electrons. The molecule has 0 saturated heterocycles. The van der Waals surface area contributed by atoms with Crippen molar-refractivity contribution < 1.29 is 15.0 Å². The van der Waals surface area contributed by atoms with Gasteiger partial charge >= 0.3 is 5.97 Å². The molecule has 0 aliphatic heterocycles. The highest BCUT2D eigenvalue weighted by Crippen LogP contribution is 2.23. The quantitative estimate of drug-likeness (QED) is 0.700. The largest absolute Gasteiger partial charge is 0.507 e. The second-order valence-electron chi connectivity index (χ2n) is 2.78. The number of carboxylic acids is 1. The van der Waals surface area contributed by atoms with Crippen LogP contribution in [0.1, 0.15) is 28.9 Å². The first-order valence-corrected chi connectivity index (χ1v) is 3.56. The van der Waals surface area contributed by atoms with Crippen LogP contribution < -0.4 is 0 Å². The summed E-state index contributed by atoms with van der Waals surface area (Å²) in [5, 5.41) is 18.0. The molecule has 0 aliphatic carbocycles. The number of benzene rings is 1. The van der Waals surface area contributed by atoms with E-state index < -0.39 is 5.97 Å². The molecule has 0 saturated carbocycles. The Balaban J connectivity index is 0.00000144. The first kappa shape index (κ1) is 11.5. The fourth-order valence-electron chi connectivity index (χ4n) is 1.12. The third-order valence-electron chi connectivity index (χ3n) is 1.68. The normalized spacial score (nSPS) is 9.08. The maximum Gasteiger partial charge on any atom is 0.339 e. The standard InChI is InChI=1S/C9H10O3.CH4/c1-5-3-6(2)8(10)7(4-5)9(11)12;/h3-4,10H,1-2H3,(H,11,12);1H4. The fraction of sp³-hybridized carbons (Fsp3) is 0.300. The number of hydrogen-bond acceptors (Lipinski definition) is 2. The Morgan fingerprint density at radius 2 is 1.85 bits per heavy atom. The Bertz CT molecular complexity index is 329. The van der Waals surface area contributed by atoms with E-state index in [4.69, 9.17) is 5.11 Å². The Kier molecular flexibility index (Phi) is 3.48. The summed E-state index contributed by atoms with van der Waals surface area (Å²) in [6.45, 7) is 3.47. The number of hydrogen-bond donors (Lipinski definition) is 2. The van der Waals surface area contributed by atoms with Crippen molar-refractivity contribution in [3.63, 3.8) is 0 Å². The van der Waals surface area contributed by atoms with Crippen LogP contribution in [0.25, 0.3) is 0 Å². The summed E-state index contributed by atoms with van der Waals surface area (Å²) in [5.74, 6) is -1.24. The van der Waals surface area contributed by atoms with E-state index in [9.17, 15) is 9.90 Å². The third kappa shape index (κ3) is 2.21. The van der Waals surface area contributed by atoms with Crippen LogP contribution in [0.15, 0.2) is 12.1 Å². The maximum absolute atomic E-state index is 10.6. The molecule has 0 aromatic heterocycles. The molecule has 1 aromatic carbocycles. The topological polar surface area (TPSA) is 57.5 Å². The summed E-state index contributed by atoms with van der Waals surface area (Å²) >= 11 is 0. The molecule has 3 nitrogen and oxygen atoms in total. The summed E-state index contributed by atoms with van der Waals surface area (Å²) in [7, 11) is 0. The van der Waals surface area contributed by atoms with Crippen LogP contribution in [0.2, 0.25) is 0 Å². The van der Waals surface area contributed by atoms with E-state index in [2.05, 4.69) is 0 Å². The molecule has 0 aliphatic rings. The number of carboxylic acid groups (broad SMARTS) is 1. The molecule has 0 amide bonds. The first-order chi connectivity index (χ1) is 5.52. The van der Waals surface area contributed by atoms with Crippen molar-refractivity contribution in [2.45, 2.75) is 21.3 Å². The number of phenols is 1. The first-order valence-electron chi connectivity index (χ1n) is 3.56. The van der Waals surface area contributed by atoms with Crippen LogP contribution in [0.5, 0.6) is 5.75 Å². The van der Waals surface area contributed by atoms with Gasteiger partial charge in [-0.05, 0) is 31.0 Å². The van der Waals surface area contributed by atoms with Crippen LogP contribution in [0, 0.1) is 13.8 Å². The SMILES string of the molecule is C.Cc1cc(C)c(O)c(C(=O)O)c1. The Morgan fingerprint density at radius 1 is 1.31 bits per heavy atom. The molecule has 0 heterocycles. The number of aromatic carboxylic acids is 1. The minimum absolute atomic E-state index is 0. The number of rotatable bonds is 1. The van der Waals surface area contributed by atoms with Gasteiger partial charge in [-0.15, -0.1) is 0 Å². The highest BCUT2D eigenvalue weighted by atomic mass is 16.4. The molecule has 0 unspecified atom stereocenters. The van der Waals surface area contributed by atoms with Gasteiger partial charge in [-0.1, -0.05) is 13.5 Å². The van der Waals surface area contributed by atoms with Crippen LogP contribution in [0.3, 0.4) is 0 Å². The van der Waals surface area contributed by atoms with Crippen molar-refractivity contribution >= 4 is 5.97 Å². The molecule has 3 heteroatoms. The van der Waals surface area contributed by atoms with Crippen molar-refractivity contribution in [3.8, 4) is 5.75 Å². The van der Waals surface area contributed by atoms with Gasteiger partial charge in [0.2, 0.25) is 0 Å². The molecule has 2 N–H and O–H groups in total. The van der Waals surface area contributed by atoms with Crippen molar-refractivity contribution in [3.05, 3.63) is 28.8 Å². The average Bonchev–Trinajstić information content (AvgIpc) is 1.96. The lowest BCUT2D eigenvalue weighted by atomic mass is 10.1. The van der Waals surface area contributed by atoms with Crippen molar-refractivity contribution in [2.75, 3.05) is 0 Å². The smallest absolute Gasteiger partial charge is 0.339 e. The summed E-state index contributed by atoms with van der Waals surface area (Å²) in [4.78, 5) is 10.6. The van der Waals surface area contributed by atoms with Gasteiger partial charge in [0.1, 0.15) is 11.3 Å². The minimum atomic E-state index is -1.10. The zero-order chi connectivity index (χ0) is 9.30. The maximum atomic E-state index is 10.6. The van der Waals surface area contributed by atoms with Crippen LogP contribution >= 0.6 is 0 Å². The average molecular weight is 182 g/mol. The van der Waals surface area contributed by atoms with Gasteiger partial charge in [0.15, 0.2) is 0 Å². The van der Waals surface area contributed by atoms with Gasteiger partial charge in [-0.2, -0.15) is 0 Å². The number of aryl methyl sites for hydroxylation is 2. The highest BCUT2D eigenvalue weighted by molar-refractivity contribution is 5.91. The Morgan fingerprint density at radius 3 is 2.31 bits per heavy atom. The van der Waals surface area contributed by atoms with Crippen molar-refractivity contribution in [1.82, 2.24) is 0 Å². The van der Waals surface area contributed by atoms with Gasteiger partial charge in [-0.25, -0.2) is 4.79 Å². The van der Waals surface area contributed by atoms with E-state index in [0.29, 0.717) is 5.56 Å². The zero-order valence-electron chi connectivity index (χ0n) is 6.96. The molecular formula is C10H14O3. The van der Waals surface area contributed by atoms with Gasteiger partial charge in [0.25, 0.3) is 0 Å². The molecule has 0 spiro atoms. The Hall–Kier alpha value is -1.51. The van der Waals surface area contributed by atoms with E-state index in [-0.39, 0.29) is 18.7 Å². The van der Waals surface area contributed by atoms with E-state index in [1.807, 2.05) is 0 Å². The van der Waals surface area contributed by atoms with E-state index in [1.165, 1.54) is 6.07 Å². The van der Waals surface area contributed by atoms with Gasteiger partial charge < -0.3 is 10.2 Å². The van der Waals surface area contributed by atoms with E-state index in [1.54, 1.807) is 19.9 Å². The van der Waals surface area contributed by atoms with Crippen LogP contribution in [0.4, 0.5) is 0 Å². The lowest BCUT2D eigenvalue weighted by molar-refractivity contribution is 0.0693. The van der Waals surface area contributed by atoms with Crippen LogP contribution in [-0.2, 0) is 0 Å². The van der Waals surface area contributed by atoms with E-state index in [0.717, 1.165) is 5.56 Å². The Labute approximate surface area is 77.6 Å². The van der Waals surface area contributed by atoms with Gasteiger partial charge in [0.05, 0.1) is 0 Å². The predicted octanol–water partition coefficient (Wildman–Crippen LogP) is 2.34. The molecule has 13 heavy (non-hydrogen) atoms. The zero-order valence-corrected chi connectivity index (χ0v) is 6.96.